The van der Waals surface area contributed by atoms with Crippen molar-refractivity contribution in [2.75, 3.05) is 18.6 Å². The number of nitrogens with zero attached hydrogens (tertiary/aromatic N) is 3. The highest BCUT2D eigenvalue weighted by Gasteiger charge is 2.33. The lowest BCUT2D eigenvalue weighted by Gasteiger charge is -2.26. The van der Waals surface area contributed by atoms with Crippen molar-refractivity contribution in [2.24, 2.45) is 0 Å². The van der Waals surface area contributed by atoms with Gasteiger partial charge in [-0.2, -0.15) is 11.3 Å². The molecule has 1 aromatic carbocycles. The van der Waals surface area contributed by atoms with Gasteiger partial charge in [-0.05, 0) is 73.7 Å². The molecule has 1 aliphatic rings. The number of anilines is 1. The Morgan fingerprint density at radius 1 is 1.38 bits per heavy atom. The average Bonchev–Trinajstić information content (AvgIpc) is 3.39. The van der Waals surface area contributed by atoms with Crippen molar-refractivity contribution in [3.05, 3.63) is 46.3 Å². The van der Waals surface area contributed by atoms with Crippen LogP contribution in [0.4, 0.5) is 5.95 Å². The topological polar surface area (TPSA) is 67.3 Å². The van der Waals surface area contributed by atoms with Crippen LogP contribution in [0.25, 0.3) is 10.9 Å². The SMILES string of the molecule is COc1ccc2nc(N3CCCC3C(=O)NC(C)Cc3ccsc3)nc(C)c2c1. The van der Waals surface area contributed by atoms with Gasteiger partial charge in [0.1, 0.15) is 11.8 Å². The first-order valence-corrected chi connectivity index (χ1v) is 10.9. The maximum Gasteiger partial charge on any atom is 0.243 e. The zero-order valence-corrected chi connectivity index (χ0v) is 17.8. The molecule has 1 saturated heterocycles. The predicted molar refractivity (Wildman–Crippen MR) is 117 cm³/mol. The zero-order chi connectivity index (χ0) is 20.4. The summed E-state index contributed by atoms with van der Waals surface area (Å²) in [4.78, 5) is 24.5. The quantitative estimate of drug-likeness (QED) is 0.671. The number of hydrogen-bond acceptors (Lipinski definition) is 6. The van der Waals surface area contributed by atoms with Crippen molar-refractivity contribution in [1.82, 2.24) is 15.3 Å². The largest absolute Gasteiger partial charge is 0.497 e. The van der Waals surface area contributed by atoms with Gasteiger partial charge in [0.25, 0.3) is 0 Å². The van der Waals surface area contributed by atoms with Gasteiger partial charge in [-0.1, -0.05) is 0 Å². The first-order valence-electron chi connectivity index (χ1n) is 9.95. The van der Waals surface area contributed by atoms with Crippen LogP contribution in [0.5, 0.6) is 5.75 Å². The Labute approximate surface area is 174 Å². The van der Waals surface area contributed by atoms with Crippen molar-refractivity contribution >= 4 is 34.1 Å². The van der Waals surface area contributed by atoms with E-state index in [0.29, 0.717) is 5.95 Å². The van der Waals surface area contributed by atoms with E-state index in [0.717, 1.165) is 48.2 Å². The van der Waals surface area contributed by atoms with Crippen LogP contribution in [-0.2, 0) is 11.2 Å². The molecule has 0 bridgehead atoms. The molecule has 7 heteroatoms. The van der Waals surface area contributed by atoms with E-state index in [9.17, 15) is 4.79 Å². The summed E-state index contributed by atoms with van der Waals surface area (Å²) in [6.07, 6.45) is 2.62. The fourth-order valence-corrected chi connectivity index (χ4v) is 4.61. The van der Waals surface area contributed by atoms with E-state index >= 15 is 0 Å². The third-order valence-electron chi connectivity index (χ3n) is 5.40. The number of methoxy groups -OCH3 is 1. The van der Waals surface area contributed by atoms with Crippen LogP contribution < -0.4 is 15.0 Å². The lowest BCUT2D eigenvalue weighted by molar-refractivity contribution is -0.122. The number of rotatable bonds is 6. The second-order valence-corrected chi connectivity index (χ2v) is 8.37. The van der Waals surface area contributed by atoms with Crippen LogP contribution in [0.3, 0.4) is 0 Å². The van der Waals surface area contributed by atoms with E-state index in [1.54, 1.807) is 18.4 Å². The third-order valence-corrected chi connectivity index (χ3v) is 6.14. The zero-order valence-electron chi connectivity index (χ0n) is 17.0. The Kier molecular flexibility index (Phi) is 5.67. The number of nitrogens with one attached hydrogen (secondary N) is 1. The minimum Gasteiger partial charge on any atom is -0.497 e. The van der Waals surface area contributed by atoms with E-state index in [1.807, 2.05) is 30.0 Å². The van der Waals surface area contributed by atoms with Gasteiger partial charge >= 0.3 is 0 Å². The Morgan fingerprint density at radius 3 is 3.00 bits per heavy atom. The lowest BCUT2D eigenvalue weighted by Crippen LogP contribution is -2.47. The van der Waals surface area contributed by atoms with Crippen LogP contribution in [0.2, 0.25) is 0 Å². The molecular formula is C22H26N4O2S. The molecule has 2 unspecified atom stereocenters. The standard InChI is InChI=1S/C22H26N4O2S/c1-14(11-16-8-10-29-13-16)23-21(27)20-5-4-9-26(20)22-24-15(2)18-12-17(28-3)6-7-19(18)25-22/h6-8,10,12-14,20H,4-5,9,11H2,1-3H3,(H,23,27). The summed E-state index contributed by atoms with van der Waals surface area (Å²) in [6, 6.07) is 7.77. The van der Waals surface area contributed by atoms with Crippen molar-refractivity contribution in [1.29, 1.82) is 0 Å². The Morgan fingerprint density at radius 2 is 2.24 bits per heavy atom. The summed E-state index contributed by atoms with van der Waals surface area (Å²) >= 11 is 1.68. The number of fused-ring (bicyclic) bond motifs is 1. The second kappa shape index (κ2) is 8.37. The summed E-state index contributed by atoms with van der Waals surface area (Å²) in [5.74, 6) is 1.47. The van der Waals surface area contributed by atoms with E-state index in [4.69, 9.17) is 14.7 Å². The van der Waals surface area contributed by atoms with E-state index in [-0.39, 0.29) is 18.0 Å². The van der Waals surface area contributed by atoms with E-state index in [1.165, 1.54) is 5.56 Å². The molecule has 2 atom stereocenters. The fraction of sp³-hybridized carbons (Fsp3) is 0.409. The molecule has 29 heavy (non-hydrogen) atoms. The van der Waals surface area contributed by atoms with Gasteiger partial charge in [0.2, 0.25) is 11.9 Å². The highest BCUT2D eigenvalue weighted by atomic mass is 32.1. The number of aromatic nitrogens is 2. The monoisotopic (exact) mass is 410 g/mol. The highest BCUT2D eigenvalue weighted by Crippen LogP contribution is 2.27. The summed E-state index contributed by atoms with van der Waals surface area (Å²) in [7, 11) is 1.65. The predicted octanol–water partition coefficient (Wildman–Crippen LogP) is 3.72. The first-order chi connectivity index (χ1) is 14.0. The molecule has 1 fully saturated rings. The Bertz CT molecular complexity index is 1010. The van der Waals surface area contributed by atoms with Gasteiger partial charge in [0.15, 0.2) is 0 Å². The van der Waals surface area contributed by atoms with Gasteiger partial charge in [-0.3, -0.25) is 4.79 Å². The number of hydrogen-bond donors (Lipinski definition) is 1. The minimum absolute atomic E-state index is 0.0568. The van der Waals surface area contributed by atoms with Crippen molar-refractivity contribution in [3.8, 4) is 5.75 Å². The maximum absolute atomic E-state index is 13.0. The molecule has 1 N–H and O–H groups in total. The molecule has 3 heterocycles. The molecule has 0 aliphatic carbocycles. The number of ether oxygens (including phenoxy) is 1. The number of carbonyl (C=O) groups excluding carboxylic acids is 1. The minimum atomic E-state index is -0.227. The third kappa shape index (κ3) is 4.19. The van der Waals surface area contributed by atoms with Crippen LogP contribution in [0.15, 0.2) is 35.0 Å². The summed E-state index contributed by atoms with van der Waals surface area (Å²) in [6.45, 7) is 4.82. The van der Waals surface area contributed by atoms with Crippen molar-refractivity contribution in [2.45, 2.75) is 45.2 Å². The molecule has 0 saturated carbocycles. The van der Waals surface area contributed by atoms with Crippen LogP contribution in [0, 0.1) is 6.92 Å². The van der Waals surface area contributed by atoms with E-state index in [2.05, 4.69) is 29.1 Å². The maximum atomic E-state index is 13.0. The highest BCUT2D eigenvalue weighted by molar-refractivity contribution is 7.07. The van der Waals surface area contributed by atoms with Gasteiger partial charge in [0, 0.05) is 18.0 Å². The van der Waals surface area contributed by atoms with Crippen molar-refractivity contribution in [3.63, 3.8) is 0 Å². The molecular weight excluding hydrogens is 384 g/mol. The fourth-order valence-electron chi connectivity index (χ4n) is 3.93. The summed E-state index contributed by atoms with van der Waals surface area (Å²) in [5.41, 5.74) is 3.01. The number of carbonyl (C=O) groups is 1. The molecule has 1 amide bonds. The summed E-state index contributed by atoms with van der Waals surface area (Å²) < 4.78 is 5.31. The number of aryl methyl sites for hydroxylation is 1. The first kappa shape index (κ1) is 19.6. The van der Waals surface area contributed by atoms with Gasteiger partial charge < -0.3 is 15.0 Å². The Hall–Kier alpha value is -2.67. The Balaban J connectivity index is 1.52. The molecule has 152 valence electrons. The number of thiophene rings is 1. The molecule has 0 spiro atoms. The lowest BCUT2D eigenvalue weighted by atomic mass is 10.1. The molecule has 1 aliphatic heterocycles. The molecule has 4 rings (SSSR count). The van der Waals surface area contributed by atoms with Gasteiger partial charge in [-0.15, -0.1) is 0 Å². The normalized spacial score (nSPS) is 17.5. The molecule has 6 nitrogen and oxygen atoms in total. The second-order valence-electron chi connectivity index (χ2n) is 7.59. The molecule has 0 radical (unpaired) electrons. The van der Waals surface area contributed by atoms with Gasteiger partial charge in [0.05, 0.1) is 18.3 Å². The smallest absolute Gasteiger partial charge is 0.243 e. The average molecular weight is 411 g/mol. The van der Waals surface area contributed by atoms with Crippen molar-refractivity contribution < 1.29 is 9.53 Å². The van der Waals surface area contributed by atoms with Gasteiger partial charge in [-0.25, -0.2) is 9.97 Å². The number of benzene rings is 1. The summed E-state index contributed by atoms with van der Waals surface area (Å²) in [5, 5.41) is 8.35. The molecule has 2 aromatic heterocycles. The van der Waals surface area contributed by atoms with Crippen LogP contribution >= 0.6 is 11.3 Å². The number of amides is 1. The van der Waals surface area contributed by atoms with Crippen LogP contribution in [0.1, 0.15) is 31.0 Å². The molecule has 3 aromatic rings. The van der Waals surface area contributed by atoms with E-state index < -0.39 is 0 Å². The van der Waals surface area contributed by atoms with Crippen LogP contribution in [-0.4, -0.2) is 41.6 Å².